The van der Waals surface area contributed by atoms with Gasteiger partial charge in [-0.05, 0) is 35.0 Å². The minimum atomic E-state index is -0.729. The molecule has 136 valence electrons. The highest BCUT2D eigenvalue weighted by atomic mass is 16.5. The quantitative estimate of drug-likeness (QED) is 0.770. The monoisotopic (exact) mass is 359 g/mol. The maximum atomic E-state index is 12.4. The lowest BCUT2D eigenvalue weighted by Crippen LogP contribution is -2.32. The highest BCUT2D eigenvalue weighted by Gasteiger charge is 2.37. The maximum Gasteiger partial charge on any atom is 0.355 e. The lowest BCUT2D eigenvalue weighted by molar-refractivity contribution is -0.136. The minimum Gasteiger partial charge on any atom is -0.493 e. The Bertz CT molecular complexity index is 904. The molecule has 10 nitrogen and oxygen atoms in total. The van der Waals surface area contributed by atoms with E-state index in [0.717, 1.165) is 0 Å². The van der Waals surface area contributed by atoms with Crippen molar-refractivity contribution in [3.8, 4) is 11.5 Å². The molecular weight excluding hydrogens is 342 g/mol. The van der Waals surface area contributed by atoms with Crippen molar-refractivity contribution >= 4 is 17.7 Å². The summed E-state index contributed by atoms with van der Waals surface area (Å²) in [7, 11) is 4.27. The standard InChI is InChI=1S/C16H17N5O5/c1-8(22)12-13(15(23)26-4)17-16-18-19-20-21(16)14(12)9-5-6-10(24-2)11(7-9)25-3/h5-7,14H,1-4H3,(H,17,18,20). The molecule has 0 spiro atoms. The molecule has 2 heterocycles. The van der Waals surface area contributed by atoms with Crippen molar-refractivity contribution in [1.82, 2.24) is 20.2 Å². The van der Waals surface area contributed by atoms with Crippen molar-refractivity contribution in [3.05, 3.63) is 35.0 Å². The number of fused-ring (bicyclic) bond motifs is 1. The van der Waals surface area contributed by atoms with E-state index in [-0.39, 0.29) is 23.0 Å². The Balaban J connectivity index is 2.24. The number of allylic oxidation sites excluding steroid dienone is 1. The third kappa shape index (κ3) is 2.75. The lowest BCUT2D eigenvalue weighted by Gasteiger charge is -2.27. The van der Waals surface area contributed by atoms with Gasteiger partial charge in [0.2, 0.25) is 5.95 Å². The molecule has 1 aromatic carbocycles. The molecule has 1 N–H and O–H groups in total. The topological polar surface area (TPSA) is 117 Å². The van der Waals surface area contributed by atoms with E-state index in [0.29, 0.717) is 17.1 Å². The second-order valence-corrected chi connectivity index (χ2v) is 5.43. The van der Waals surface area contributed by atoms with Crippen LogP contribution in [0.5, 0.6) is 11.5 Å². The number of nitrogens with one attached hydrogen (secondary N) is 1. The van der Waals surface area contributed by atoms with Gasteiger partial charge >= 0.3 is 5.97 Å². The van der Waals surface area contributed by atoms with Gasteiger partial charge in [-0.1, -0.05) is 11.2 Å². The van der Waals surface area contributed by atoms with Crippen molar-refractivity contribution in [2.45, 2.75) is 13.0 Å². The molecule has 1 atom stereocenters. The van der Waals surface area contributed by atoms with Crippen molar-refractivity contribution in [2.75, 3.05) is 26.6 Å². The first kappa shape index (κ1) is 17.4. The summed E-state index contributed by atoms with van der Waals surface area (Å²) < 4.78 is 16.8. The molecule has 2 aromatic rings. The van der Waals surface area contributed by atoms with Crippen LogP contribution in [0, 0.1) is 0 Å². The Morgan fingerprint density at radius 2 is 1.88 bits per heavy atom. The Labute approximate surface area is 148 Å². The average molecular weight is 359 g/mol. The normalized spacial score (nSPS) is 15.8. The number of tetrazole rings is 1. The Kier molecular flexibility index (Phi) is 4.57. The molecule has 10 heteroatoms. The minimum absolute atomic E-state index is 0.00193. The molecule has 1 unspecified atom stereocenters. The zero-order chi connectivity index (χ0) is 18.8. The first-order valence-electron chi connectivity index (χ1n) is 7.62. The number of ether oxygens (including phenoxy) is 3. The zero-order valence-corrected chi connectivity index (χ0v) is 14.6. The van der Waals surface area contributed by atoms with E-state index in [1.54, 1.807) is 18.2 Å². The van der Waals surface area contributed by atoms with Gasteiger partial charge in [0.15, 0.2) is 17.3 Å². The summed E-state index contributed by atoms with van der Waals surface area (Å²) in [4.78, 5) is 24.6. The van der Waals surface area contributed by atoms with Crippen molar-refractivity contribution < 1.29 is 23.8 Å². The van der Waals surface area contributed by atoms with Gasteiger partial charge in [0, 0.05) is 0 Å². The number of methoxy groups -OCH3 is 3. The molecule has 3 rings (SSSR count). The number of ketones is 1. The summed E-state index contributed by atoms with van der Waals surface area (Å²) in [6.07, 6.45) is 0. The molecule has 1 aliphatic heterocycles. The highest BCUT2D eigenvalue weighted by Crippen LogP contribution is 2.38. The van der Waals surface area contributed by atoms with Crippen molar-refractivity contribution in [1.29, 1.82) is 0 Å². The number of carbonyl (C=O) groups excluding carboxylic acids is 2. The van der Waals surface area contributed by atoms with E-state index in [9.17, 15) is 9.59 Å². The highest BCUT2D eigenvalue weighted by molar-refractivity contribution is 6.06. The maximum absolute atomic E-state index is 12.4. The number of esters is 1. The van der Waals surface area contributed by atoms with Gasteiger partial charge in [-0.15, -0.1) is 0 Å². The van der Waals surface area contributed by atoms with E-state index in [1.807, 2.05) is 0 Å². The third-order valence-corrected chi connectivity index (χ3v) is 4.01. The number of rotatable bonds is 5. The van der Waals surface area contributed by atoms with Gasteiger partial charge in [0.25, 0.3) is 0 Å². The second kappa shape index (κ2) is 6.82. The van der Waals surface area contributed by atoms with E-state index < -0.39 is 12.0 Å². The fourth-order valence-corrected chi connectivity index (χ4v) is 2.85. The molecule has 0 saturated heterocycles. The Morgan fingerprint density at radius 1 is 1.15 bits per heavy atom. The van der Waals surface area contributed by atoms with E-state index in [2.05, 4.69) is 20.8 Å². The number of aromatic nitrogens is 4. The summed E-state index contributed by atoms with van der Waals surface area (Å²) in [6.45, 7) is 1.36. The predicted octanol–water partition coefficient (Wildman–Crippen LogP) is 0.721. The Hall–Kier alpha value is -3.43. The predicted molar refractivity (Wildman–Crippen MR) is 88.8 cm³/mol. The van der Waals surface area contributed by atoms with Crippen LogP contribution < -0.4 is 14.8 Å². The molecule has 0 bridgehead atoms. The molecular formula is C16H17N5O5. The van der Waals surface area contributed by atoms with E-state index in [4.69, 9.17) is 14.2 Å². The van der Waals surface area contributed by atoms with Crippen LogP contribution in [0.3, 0.4) is 0 Å². The molecule has 0 saturated carbocycles. The number of hydrogen-bond donors (Lipinski definition) is 1. The first-order chi connectivity index (χ1) is 12.5. The van der Waals surface area contributed by atoms with Gasteiger partial charge in [0.1, 0.15) is 11.7 Å². The summed E-state index contributed by atoms with van der Waals surface area (Å²) in [5.74, 6) is 0.216. The SMILES string of the molecule is COC(=O)C1=C(C(C)=O)C(c2ccc(OC)c(OC)c2)n2nnnc2N1. The fraction of sp³-hybridized carbons (Fsp3) is 0.312. The number of carbonyl (C=O) groups is 2. The van der Waals surface area contributed by atoms with Crippen LogP contribution in [-0.4, -0.2) is 53.3 Å². The third-order valence-electron chi connectivity index (χ3n) is 4.01. The van der Waals surface area contributed by atoms with Crippen LogP contribution in [0.15, 0.2) is 29.5 Å². The fourth-order valence-electron chi connectivity index (χ4n) is 2.85. The number of benzene rings is 1. The molecule has 1 aliphatic rings. The van der Waals surface area contributed by atoms with Gasteiger partial charge in [-0.2, -0.15) is 4.68 Å². The Morgan fingerprint density at radius 3 is 2.50 bits per heavy atom. The number of anilines is 1. The number of hydrogen-bond acceptors (Lipinski definition) is 9. The van der Waals surface area contributed by atoms with E-state index >= 15 is 0 Å². The summed E-state index contributed by atoms with van der Waals surface area (Å²) in [5, 5.41) is 14.2. The summed E-state index contributed by atoms with van der Waals surface area (Å²) in [6, 6.07) is 4.43. The second-order valence-electron chi connectivity index (χ2n) is 5.43. The van der Waals surface area contributed by atoms with Gasteiger partial charge in [0.05, 0.1) is 26.9 Å². The average Bonchev–Trinajstić information content (AvgIpc) is 3.13. The zero-order valence-electron chi connectivity index (χ0n) is 14.6. The molecule has 0 fully saturated rings. The van der Waals surface area contributed by atoms with Crippen LogP contribution in [0.1, 0.15) is 18.5 Å². The summed E-state index contributed by atoms with van der Waals surface area (Å²) in [5.41, 5.74) is 0.829. The van der Waals surface area contributed by atoms with Crippen molar-refractivity contribution in [3.63, 3.8) is 0 Å². The van der Waals surface area contributed by atoms with Crippen LogP contribution in [0.4, 0.5) is 5.95 Å². The summed E-state index contributed by atoms with van der Waals surface area (Å²) >= 11 is 0. The van der Waals surface area contributed by atoms with Crippen LogP contribution in [0.2, 0.25) is 0 Å². The molecule has 1 aromatic heterocycles. The lowest BCUT2D eigenvalue weighted by atomic mass is 9.92. The molecule has 0 aliphatic carbocycles. The number of nitrogens with zero attached hydrogens (tertiary/aromatic N) is 4. The van der Waals surface area contributed by atoms with Crippen LogP contribution in [0.25, 0.3) is 0 Å². The van der Waals surface area contributed by atoms with Crippen LogP contribution in [-0.2, 0) is 14.3 Å². The molecule has 0 amide bonds. The first-order valence-corrected chi connectivity index (χ1v) is 7.62. The molecule has 26 heavy (non-hydrogen) atoms. The van der Waals surface area contributed by atoms with Gasteiger partial charge in [-0.3, -0.25) is 4.79 Å². The smallest absolute Gasteiger partial charge is 0.355 e. The number of Topliss-reactive ketones (excluding diaryl/α,β-unsaturated/α-hetero) is 1. The van der Waals surface area contributed by atoms with Gasteiger partial charge in [-0.25, -0.2) is 4.79 Å². The van der Waals surface area contributed by atoms with Crippen LogP contribution >= 0.6 is 0 Å². The largest absolute Gasteiger partial charge is 0.493 e. The van der Waals surface area contributed by atoms with Crippen molar-refractivity contribution in [2.24, 2.45) is 0 Å². The van der Waals surface area contributed by atoms with Gasteiger partial charge < -0.3 is 19.5 Å². The molecule has 0 radical (unpaired) electrons. The van der Waals surface area contributed by atoms with E-state index in [1.165, 1.54) is 32.9 Å².